The first-order valence-electron chi connectivity index (χ1n) is 6.33. The van der Waals surface area contributed by atoms with Gasteiger partial charge in [0.25, 0.3) is 0 Å². The largest absolute Gasteiger partial charge is 0.383 e. The summed E-state index contributed by atoms with van der Waals surface area (Å²) in [6, 6.07) is 0. The summed E-state index contributed by atoms with van der Waals surface area (Å²) in [6.45, 7) is 5.65. The van der Waals surface area contributed by atoms with E-state index in [0.717, 1.165) is 45.1 Å². The predicted octanol–water partition coefficient (Wildman–Crippen LogP) is 2.84. The number of hydrogen-bond donors (Lipinski definition) is 1. The molecule has 19 heavy (non-hydrogen) atoms. The number of ether oxygens (including phenoxy) is 1. The molecule has 0 bridgehead atoms. The van der Waals surface area contributed by atoms with Gasteiger partial charge >= 0.3 is 0 Å². The maximum absolute atomic E-state index is 5.00. The fourth-order valence-electron chi connectivity index (χ4n) is 1.61. The molecule has 0 fully saturated rings. The number of hydrogen-bond acceptors (Lipinski definition) is 7. The molecule has 0 unspecified atom stereocenters. The Morgan fingerprint density at radius 3 is 2.68 bits per heavy atom. The Morgan fingerprint density at radius 1 is 1.16 bits per heavy atom. The number of aryl methyl sites for hydroxylation is 2. The minimum atomic E-state index is 0.662. The van der Waals surface area contributed by atoms with E-state index in [1.807, 2.05) is 0 Å². The number of thiazole rings is 1. The van der Waals surface area contributed by atoms with Gasteiger partial charge in [-0.3, -0.25) is 0 Å². The summed E-state index contributed by atoms with van der Waals surface area (Å²) in [6.07, 6.45) is 1.90. The highest BCUT2D eigenvalue weighted by Crippen LogP contribution is 2.34. The Kier molecular flexibility index (Phi) is 5.24. The van der Waals surface area contributed by atoms with Crippen molar-refractivity contribution in [3.8, 4) is 9.88 Å². The molecule has 0 saturated carbocycles. The molecular weight excluding hydrogens is 280 g/mol. The lowest BCUT2D eigenvalue weighted by molar-refractivity contribution is 0.211. The van der Waals surface area contributed by atoms with Crippen LogP contribution in [0.2, 0.25) is 0 Å². The quantitative estimate of drug-likeness (QED) is 0.797. The molecule has 104 valence electrons. The molecule has 2 rings (SSSR count). The van der Waals surface area contributed by atoms with Crippen LogP contribution < -0.4 is 5.32 Å². The lowest BCUT2D eigenvalue weighted by Crippen LogP contribution is -2.06. The monoisotopic (exact) mass is 298 g/mol. The first kappa shape index (κ1) is 14.4. The van der Waals surface area contributed by atoms with Crippen molar-refractivity contribution >= 4 is 27.8 Å². The average Bonchev–Trinajstić information content (AvgIpc) is 3.04. The Bertz CT molecular complexity index is 524. The molecule has 5 nitrogen and oxygen atoms in total. The lowest BCUT2D eigenvalue weighted by atomic mass is 10.3. The zero-order valence-electron chi connectivity index (χ0n) is 11.4. The first-order valence-corrected chi connectivity index (χ1v) is 7.97. The molecule has 1 N–H and O–H groups in total. The third-order valence-corrected chi connectivity index (χ3v) is 4.86. The van der Waals surface area contributed by atoms with Crippen LogP contribution >= 0.6 is 22.7 Å². The molecule has 0 aliphatic carbocycles. The minimum absolute atomic E-state index is 0.662. The van der Waals surface area contributed by atoms with Gasteiger partial charge in [0.15, 0.2) is 5.01 Å². The highest BCUT2D eigenvalue weighted by atomic mass is 32.1. The molecule has 2 aromatic rings. The molecule has 0 aliphatic rings. The van der Waals surface area contributed by atoms with E-state index >= 15 is 0 Å². The van der Waals surface area contributed by atoms with Crippen molar-refractivity contribution in [3.63, 3.8) is 0 Å². The van der Waals surface area contributed by atoms with Gasteiger partial charge in [0, 0.05) is 13.7 Å². The number of rotatable bonds is 7. The minimum Gasteiger partial charge on any atom is -0.383 e. The third-order valence-electron chi connectivity index (χ3n) is 2.58. The topological polar surface area (TPSA) is 59.9 Å². The average molecular weight is 298 g/mol. The van der Waals surface area contributed by atoms with E-state index in [4.69, 9.17) is 4.74 Å². The van der Waals surface area contributed by atoms with E-state index in [2.05, 4.69) is 34.3 Å². The SMILES string of the molecule is CCc1nc(CC)c(-c2nnc(NCCOC)s2)s1. The van der Waals surface area contributed by atoms with Crippen molar-refractivity contribution in [3.05, 3.63) is 10.7 Å². The molecule has 7 heteroatoms. The Hall–Kier alpha value is -1.05. The summed E-state index contributed by atoms with van der Waals surface area (Å²) in [5.74, 6) is 0. The summed E-state index contributed by atoms with van der Waals surface area (Å²) in [5.41, 5.74) is 1.13. The number of nitrogens with one attached hydrogen (secondary N) is 1. The van der Waals surface area contributed by atoms with Crippen LogP contribution in [0.4, 0.5) is 5.13 Å². The van der Waals surface area contributed by atoms with E-state index in [1.165, 1.54) is 0 Å². The highest BCUT2D eigenvalue weighted by Gasteiger charge is 2.15. The van der Waals surface area contributed by atoms with Gasteiger partial charge in [-0.1, -0.05) is 25.2 Å². The maximum Gasteiger partial charge on any atom is 0.206 e. The van der Waals surface area contributed by atoms with E-state index in [-0.39, 0.29) is 0 Å². The molecule has 0 atom stereocenters. The normalized spacial score (nSPS) is 10.9. The summed E-state index contributed by atoms with van der Waals surface area (Å²) in [4.78, 5) is 5.79. The zero-order valence-corrected chi connectivity index (χ0v) is 13.0. The third kappa shape index (κ3) is 3.49. The van der Waals surface area contributed by atoms with E-state index < -0.39 is 0 Å². The molecule has 0 saturated heterocycles. The van der Waals surface area contributed by atoms with Gasteiger partial charge < -0.3 is 10.1 Å². The van der Waals surface area contributed by atoms with Gasteiger partial charge in [-0.05, 0) is 12.8 Å². The lowest BCUT2D eigenvalue weighted by Gasteiger charge is -1.98. The number of anilines is 1. The molecular formula is C12H18N4OS2. The molecule has 0 aliphatic heterocycles. The van der Waals surface area contributed by atoms with Crippen molar-refractivity contribution in [2.45, 2.75) is 26.7 Å². The van der Waals surface area contributed by atoms with Gasteiger partial charge in [-0.25, -0.2) is 4.98 Å². The Balaban J connectivity index is 2.15. The van der Waals surface area contributed by atoms with Crippen LogP contribution in [0.1, 0.15) is 24.5 Å². The zero-order chi connectivity index (χ0) is 13.7. The number of methoxy groups -OCH3 is 1. The van der Waals surface area contributed by atoms with Crippen LogP contribution in [0.25, 0.3) is 9.88 Å². The second kappa shape index (κ2) is 6.93. The van der Waals surface area contributed by atoms with Crippen LogP contribution in [0.3, 0.4) is 0 Å². The summed E-state index contributed by atoms with van der Waals surface area (Å²) >= 11 is 3.29. The van der Waals surface area contributed by atoms with E-state index in [9.17, 15) is 0 Å². The number of nitrogens with zero attached hydrogens (tertiary/aromatic N) is 3. The number of aromatic nitrogens is 3. The standard InChI is InChI=1S/C12H18N4OS2/c1-4-8-10(18-9(5-2)14-8)11-15-16-12(19-11)13-6-7-17-3/h4-7H2,1-3H3,(H,13,16). The fourth-order valence-corrected chi connectivity index (χ4v) is 3.56. The second-order valence-corrected chi connectivity index (χ2v) is 5.98. The van der Waals surface area contributed by atoms with E-state index in [0.29, 0.717) is 6.61 Å². The predicted molar refractivity (Wildman–Crippen MR) is 80.1 cm³/mol. The van der Waals surface area contributed by atoms with Crippen LogP contribution in [-0.4, -0.2) is 35.4 Å². The molecule has 2 heterocycles. The van der Waals surface area contributed by atoms with Crippen LogP contribution in [-0.2, 0) is 17.6 Å². The van der Waals surface area contributed by atoms with Crippen molar-refractivity contribution in [1.82, 2.24) is 15.2 Å². The smallest absolute Gasteiger partial charge is 0.206 e. The van der Waals surface area contributed by atoms with Gasteiger partial charge in [0.2, 0.25) is 5.13 Å². The molecule has 0 radical (unpaired) electrons. The first-order chi connectivity index (χ1) is 9.28. The van der Waals surface area contributed by atoms with Gasteiger partial charge in [0.05, 0.1) is 22.2 Å². The van der Waals surface area contributed by atoms with Gasteiger partial charge in [-0.2, -0.15) is 0 Å². The second-order valence-electron chi connectivity index (χ2n) is 3.92. The molecule has 2 aromatic heterocycles. The highest BCUT2D eigenvalue weighted by molar-refractivity contribution is 7.23. The van der Waals surface area contributed by atoms with Crippen LogP contribution in [0.5, 0.6) is 0 Å². The van der Waals surface area contributed by atoms with Crippen molar-refractivity contribution < 1.29 is 4.74 Å². The van der Waals surface area contributed by atoms with Crippen molar-refractivity contribution in [2.24, 2.45) is 0 Å². The summed E-state index contributed by atoms with van der Waals surface area (Å²) in [7, 11) is 1.68. The fraction of sp³-hybridized carbons (Fsp3) is 0.583. The molecule has 0 spiro atoms. The summed E-state index contributed by atoms with van der Waals surface area (Å²) in [5, 5.41) is 14.6. The Labute approximate surface area is 121 Å². The van der Waals surface area contributed by atoms with Gasteiger partial charge in [-0.15, -0.1) is 21.5 Å². The van der Waals surface area contributed by atoms with E-state index in [1.54, 1.807) is 29.8 Å². The summed E-state index contributed by atoms with van der Waals surface area (Å²) < 4.78 is 5.00. The van der Waals surface area contributed by atoms with Crippen LogP contribution in [0.15, 0.2) is 0 Å². The Morgan fingerprint density at radius 2 is 2.00 bits per heavy atom. The maximum atomic E-state index is 5.00. The van der Waals surface area contributed by atoms with Crippen molar-refractivity contribution in [2.75, 3.05) is 25.6 Å². The van der Waals surface area contributed by atoms with Gasteiger partial charge in [0.1, 0.15) is 0 Å². The molecule has 0 aromatic carbocycles. The van der Waals surface area contributed by atoms with Crippen LogP contribution in [0, 0.1) is 0 Å². The van der Waals surface area contributed by atoms with Crippen molar-refractivity contribution in [1.29, 1.82) is 0 Å². The molecule has 0 amide bonds.